The van der Waals surface area contributed by atoms with Crippen molar-refractivity contribution in [1.29, 1.82) is 0 Å². The van der Waals surface area contributed by atoms with Gasteiger partial charge in [-0.15, -0.1) is 0 Å². The highest BCUT2D eigenvalue weighted by atomic mass is 35.5. The van der Waals surface area contributed by atoms with Crippen LogP contribution < -0.4 is 15.8 Å². The number of fused-ring (bicyclic) bond motifs is 1. The highest BCUT2D eigenvalue weighted by molar-refractivity contribution is 6.37. The molecule has 0 fully saturated rings. The summed E-state index contributed by atoms with van der Waals surface area (Å²) in [7, 11) is 1.88. The van der Waals surface area contributed by atoms with Crippen LogP contribution in [0.2, 0.25) is 10.0 Å². The van der Waals surface area contributed by atoms with Gasteiger partial charge in [0.25, 0.3) is 0 Å². The molecule has 142 valence electrons. The summed E-state index contributed by atoms with van der Waals surface area (Å²) >= 11 is 12.1. The predicted octanol–water partition coefficient (Wildman–Crippen LogP) is 5.35. The zero-order valence-corrected chi connectivity index (χ0v) is 16.6. The summed E-state index contributed by atoms with van der Waals surface area (Å²) in [5, 5.41) is 3.88. The van der Waals surface area contributed by atoms with Crippen LogP contribution in [0, 0.1) is 0 Å². The van der Waals surface area contributed by atoms with Crippen molar-refractivity contribution >= 4 is 34.7 Å². The van der Waals surface area contributed by atoms with Gasteiger partial charge in [-0.05, 0) is 47.5 Å². The van der Waals surface area contributed by atoms with Crippen LogP contribution in [0.1, 0.15) is 22.0 Å². The predicted molar refractivity (Wildman–Crippen MR) is 114 cm³/mol. The first-order valence-corrected chi connectivity index (χ1v) is 9.57. The van der Waals surface area contributed by atoms with Gasteiger partial charge in [-0.25, -0.2) is 0 Å². The fourth-order valence-electron chi connectivity index (χ4n) is 3.38. The van der Waals surface area contributed by atoms with Gasteiger partial charge in [0, 0.05) is 28.9 Å². The molecule has 0 saturated heterocycles. The number of hydrogen-bond donors (Lipinski definition) is 2. The molecule has 28 heavy (non-hydrogen) atoms. The number of halogens is 2. The molecule has 4 nitrogen and oxygen atoms in total. The van der Waals surface area contributed by atoms with Crippen LogP contribution in [0.3, 0.4) is 0 Å². The van der Waals surface area contributed by atoms with E-state index in [-0.39, 0.29) is 10.8 Å². The molecule has 3 aromatic rings. The van der Waals surface area contributed by atoms with Crippen LogP contribution in [-0.4, -0.2) is 18.9 Å². The second-order valence-electron chi connectivity index (χ2n) is 6.64. The van der Waals surface area contributed by atoms with Crippen LogP contribution in [0.4, 0.5) is 5.69 Å². The Kier molecular flexibility index (Phi) is 5.02. The lowest BCUT2D eigenvalue weighted by molar-refractivity contribution is 0.0795. The third-order valence-corrected chi connectivity index (χ3v) is 5.44. The Labute approximate surface area is 173 Å². The van der Waals surface area contributed by atoms with Crippen molar-refractivity contribution < 1.29 is 9.53 Å². The van der Waals surface area contributed by atoms with E-state index in [0.717, 1.165) is 22.4 Å². The minimum Gasteiger partial charge on any atom is -0.480 e. The van der Waals surface area contributed by atoms with Gasteiger partial charge in [-0.3, -0.25) is 4.79 Å². The van der Waals surface area contributed by atoms with E-state index in [9.17, 15) is 4.79 Å². The van der Waals surface area contributed by atoms with Crippen molar-refractivity contribution in [3.05, 3.63) is 81.8 Å². The van der Waals surface area contributed by atoms with E-state index in [1.807, 2.05) is 49.5 Å². The Morgan fingerprint density at radius 1 is 1.04 bits per heavy atom. The van der Waals surface area contributed by atoms with E-state index in [0.29, 0.717) is 16.3 Å². The van der Waals surface area contributed by atoms with Crippen LogP contribution in [0.25, 0.3) is 11.1 Å². The fourth-order valence-corrected chi connectivity index (χ4v) is 3.88. The first-order chi connectivity index (χ1) is 13.5. The molecule has 3 aromatic carbocycles. The lowest BCUT2D eigenvalue weighted by Gasteiger charge is -2.15. The maximum Gasteiger partial charge on any atom is 0.206 e. The van der Waals surface area contributed by atoms with Gasteiger partial charge < -0.3 is 15.8 Å². The van der Waals surface area contributed by atoms with Gasteiger partial charge >= 0.3 is 0 Å². The molecule has 1 aliphatic heterocycles. The second-order valence-corrected chi connectivity index (χ2v) is 7.48. The molecule has 1 heterocycles. The van der Waals surface area contributed by atoms with E-state index >= 15 is 0 Å². The zero-order valence-electron chi connectivity index (χ0n) is 15.1. The summed E-state index contributed by atoms with van der Waals surface area (Å²) < 4.78 is 5.96. The van der Waals surface area contributed by atoms with Crippen molar-refractivity contribution in [2.24, 2.45) is 5.73 Å². The van der Waals surface area contributed by atoms with Crippen molar-refractivity contribution in [1.82, 2.24) is 0 Å². The molecule has 1 aliphatic rings. The van der Waals surface area contributed by atoms with Crippen molar-refractivity contribution in [3.8, 4) is 16.9 Å². The van der Waals surface area contributed by atoms with E-state index in [2.05, 4.69) is 5.32 Å². The first-order valence-electron chi connectivity index (χ1n) is 8.81. The fraction of sp³-hybridized carbons (Fsp3) is 0.136. The number of ketones is 1. The molecule has 0 saturated carbocycles. The number of benzene rings is 3. The summed E-state index contributed by atoms with van der Waals surface area (Å²) in [5.41, 5.74) is 10.5. The van der Waals surface area contributed by atoms with Crippen LogP contribution in [0.15, 0.2) is 60.7 Å². The van der Waals surface area contributed by atoms with Crippen molar-refractivity contribution in [2.45, 2.75) is 12.1 Å². The third kappa shape index (κ3) is 3.35. The van der Waals surface area contributed by atoms with Gasteiger partial charge in [-0.1, -0.05) is 47.5 Å². The highest BCUT2D eigenvalue weighted by Gasteiger charge is 2.38. The minimum absolute atomic E-state index is 0.260. The highest BCUT2D eigenvalue weighted by Crippen LogP contribution is 2.40. The van der Waals surface area contributed by atoms with Gasteiger partial charge in [0.2, 0.25) is 5.78 Å². The van der Waals surface area contributed by atoms with Crippen molar-refractivity contribution in [3.63, 3.8) is 0 Å². The van der Waals surface area contributed by atoms with E-state index in [1.54, 1.807) is 12.1 Å². The molecule has 2 atom stereocenters. The Morgan fingerprint density at radius 2 is 1.82 bits per heavy atom. The lowest BCUT2D eigenvalue weighted by Crippen LogP contribution is -2.33. The topological polar surface area (TPSA) is 64.3 Å². The molecule has 2 unspecified atom stereocenters. The Hall–Kier alpha value is -2.53. The lowest BCUT2D eigenvalue weighted by atomic mass is 9.96. The molecule has 0 amide bonds. The quantitative estimate of drug-likeness (QED) is 0.567. The Balaban J connectivity index is 1.64. The SMILES string of the molecule is CNc1cccc(-c2ccc3c(c2)OC(C(=O)c2ccc(Cl)cc2Cl)C3N)c1. The molecule has 4 rings (SSSR count). The molecule has 0 aromatic heterocycles. The molecule has 0 spiro atoms. The maximum absolute atomic E-state index is 13.0. The summed E-state index contributed by atoms with van der Waals surface area (Å²) in [4.78, 5) is 13.0. The number of carbonyl (C=O) groups excluding carboxylic acids is 1. The number of Topliss-reactive ketones (excluding diaryl/α,β-unsaturated/α-hetero) is 1. The molecule has 0 aliphatic carbocycles. The smallest absolute Gasteiger partial charge is 0.206 e. The van der Waals surface area contributed by atoms with Crippen LogP contribution in [-0.2, 0) is 0 Å². The van der Waals surface area contributed by atoms with Gasteiger partial charge in [0.05, 0.1) is 11.1 Å². The van der Waals surface area contributed by atoms with Gasteiger partial charge in [0.15, 0.2) is 6.10 Å². The summed E-state index contributed by atoms with van der Waals surface area (Å²) in [6, 6.07) is 18.1. The van der Waals surface area contributed by atoms with Gasteiger partial charge in [-0.2, -0.15) is 0 Å². The number of nitrogens with two attached hydrogens (primary N) is 1. The van der Waals surface area contributed by atoms with E-state index in [1.165, 1.54) is 6.07 Å². The standard InChI is InChI=1S/C22H18Cl2N2O2/c1-26-15-4-2-3-12(9-15)13-5-7-17-19(10-13)28-22(20(17)25)21(27)16-8-6-14(23)11-18(16)24/h2-11,20,22,26H,25H2,1H3. The number of anilines is 1. The number of ether oxygens (including phenoxy) is 1. The normalized spacial score (nSPS) is 17.7. The van der Waals surface area contributed by atoms with Crippen LogP contribution in [0.5, 0.6) is 5.75 Å². The second kappa shape index (κ2) is 7.47. The Morgan fingerprint density at radius 3 is 2.57 bits per heavy atom. The number of rotatable bonds is 4. The summed E-state index contributed by atoms with van der Waals surface area (Å²) in [6.07, 6.45) is -0.826. The molecule has 3 N–H and O–H groups in total. The number of nitrogens with one attached hydrogen (secondary N) is 1. The molecular weight excluding hydrogens is 395 g/mol. The average molecular weight is 413 g/mol. The number of carbonyl (C=O) groups is 1. The molecular formula is C22H18Cl2N2O2. The van der Waals surface area contributed by atoms with Gasteiger partial charge in [0.1, 0.15) is 5.75 Å². The first kappa shape index (κ1) is 18.8. The average Bonchev–Trinajstić information content (AvgIpc) is 3.03. The summed E-state index contributed by atoms with van der Waals surface area (Å²) in [6.45, 7) is 0. The van der Waals surface area contributed by atoms with E-state index < -0.39 is 12.1 Å². The molecule has 0 bridgehead atoms. The Bertz CT molecular complexity index is 1070. The minimum atomic E-state index is -0.826. The zero-order chi connectivity index (χ0) is 19.8. The van der Waals surface area contributed by atoms with Crippen molar-refractivity contribution in [2.75, 3.05) is 12.4 Å². The number of hydrogen-bond acceptors (Lipinski definition) is 4. The molecule has 6 heteroatoms. The monoisotopic (exact) mass is 412 g/mol. The van der Waals surface area contributed by atoms with E-state index in [4.69, 9.17) is 33.7 Å². The van der Waals surface area contributed by atoms with Crippen LogP contribution >= 0.6 is 23.2 Å². The largest absolute Gasteiger partial charge is 0.480 e. The molecule has 0 radical (unpaired) electrons. The summed E-state index contributed by atoms with van der Waals surface area (Å²) in [5.74, 6) is 0.354. The maximum atomic E-state index is 13.0. The third-order valence-electron chi connectivity index (χ3n) is 4.89.